The van der Waals surface area contributed by atoms with Gasteiger partial charge in [0.15, 0.2) is 6.61 Å². The Hall–Kier alpha value is -1.73. The highest BCUT2D eigenvalue weighted by Crippen LogP contribution is 2.21. The third-order valence-corrected chi connectivity index (χ3v) is 1.80. The number of aromatic carboxylic acids is 1. The predicted molar refractivity (Wildman–Crippen MR) is 49.5 cm³/mol. The molecule has 0 fully saturated rings. The van der Waals surface area contributed by atoms with Gasteiger partial charge in [0.05, 0.1) is 10.6 Å². The van der Waals surface area contributed by atoms with Crippen LogP contribution in [0.5, 0.6) is 5.75 Å². The molecule has 72 valence electrons. The van der Waals surface area contributed by atoms with E-state index in [1.165, 1.54) is 18.2 Å². The zero-order valence-electron chi connectivity index (χ0n) is 7.03. The minimum atomic E-state index is -1.13. The number of rotatable bonds is 3. The average Bonchev–Trinajstić information content (AvgIpc) is 2.16. The van der Waals surface area contributed by atoms with E-state index in [0.29, 0.717) is 5.75 Å². The summed E-state index contributed by atoms with van der Waals surface area (Å²) in [6, 6.07) is 5.98. The Morgan fingerprint density at radius 1 is 1.64 bits per heavy atom. The fourth-order valence-electron chi connectivity index (χ4n) is 0.874. The van der Waals surface area contributed by atoms with Crippen LogP contribution in [-0.2, 0) is 0 Å². The second kappa shape index (κ2) is 4.49. The SMILES string of the molecule is N#CCOc1ccc(Cl)c(C(=O)O)c1. The fourth-order valence-corrected chi connectivity index (χ4v) is 1.07. The molecular formula is C9H6ClNO3. The third-order valence-electron chi connectivity index (χ3n) is 1.47. The van der Waals surface area contributed by atoms with Gasteiger partial charge in [0, 0.05) is 0 Å². The highest BCUT2D eigenvalue weighted by atomic mass is 35.5. The van der Waals surface area contributed by atoms with Crippen LogP contribution in [0.2, 0.25) is 5.02 Å². The van der Waals surface area contributed by atoms with Crippen LogP contribution >= 0.6 is 11.6 Å². The lowest BCUT2D eigenvalue weighted by Gasteiger charge is -2.03. The van der Waals surface area contributed by atoms with Crippen LogP contribution in [0.15, 0.2) is 18.2 Å². The molecule has 0 bridgehead atoms. The van der Waals surface area contributed by atoms with E-state index in [-0.39, 0.29) is 17.2 Å². The van der Waals surface area contributed by atoms with Gasteiger partial charge in [-0.2, -0.15) is 5.26 Å². The van der Waals surface area contributed by atoms with E-state index < -0.39 is 5.97 Å². The Morgan fingerprint density at radius 3 is 2.93 bits per heavy atom. The Labute approximate surface area is 85.3 Å². The van der Waals surface area contributed by atoms with Gasteiger partial charge >= 0.3 is 5.97 Å². The van der Waals surface area contributed by atoms with Gasteiger partial charge in [-0.1, -0.05) is 11.6 Å². The highest BCUT2D eigenvalue weighted by molar-refractivity contribution is 6.33. The number of carboxylic acid groups (broad SMARTS) is 1. The quantitative estimate of drug-likeness (QED) is 0.830. The van der Waals surface area contributed by atoms with E-state index in [9.17, 15) is 4.79 Å². The van der Waals surface area contributed by atoms with Crippen molar-refractivity contribution in [3.8, 4) is 11.8 Å². The second-order valence-electron chi connectivity index (χ2n) is 2.39. The summed E-state index contributed by atoms with van der Waals surface area (Å²) in [6.45, 7) is -0.124. The molecule has 0 amide bonds. The van der Waals surface area contributed by atoms with E-state index in [4.69, 9.17) is 26.7 Å². The van der Waals surface area contributed by atoms with Crippen molar-refractivity contribution in [2.24, 2.45) is 0 Å². The summed E-state index contributed by atoms with van der Waals surface area (Å²) in [7, 11) is 0. The van der Waals surface area contributed by atoms with Crippen LogP contribution in [0, 0.1) is 11.3 Å². The number of ether oxygens (including phenoxy) is 1. The minimum absolute atomic E-state index is 0.0397. The molecule has 0 aliphatic carbocycles. The summed E-state index contributed by atoms with van der Waals surface area (Å²) < 4.78 is 4.92. The number of halogens is 1. The van der Waals surface area contributed by atoms with Crippen molar-refractivity contribution in [3.05, 3.63) is 28.8 Å². The number of benzene rings is 1. The standard InChI is InChI=1S/C9H6ClNO3/c10-8-2-1-6(14-4-3-11)5-7(8)9(12)13/h1-2,5H,4H2,(H,12,13). The molecule has 0 heterocycles. The van der Waals surface area contributed by atoms with E-state index in [2.05, 4.69) is 0 Å². The number of carbonyl (C=O) groups is 1. The van der Waals surface area contributed by atoms with Gasteiger partial charge in [0.1, 0.15) is 11.8 Å². The molecule has 1 aromatic carbocycles. The van der Waals surface area contributed by atoms with Crippen molar-refractivity contribution in [2.75, 3.05) is 6.61 Å². The van der Waals surface area contributed by atoms with E-state index in [1.54, 1.807) is 6.07 Å². The summed E-state index contributed by atoms with van der Waals surface area (Å²) in [6.07, 6.45) is 0. The minimum Gasteiger partial charge on any atom is -0.479 e. The van der Waals surface area contributed by atoms with Crippen molar-refractivity contribution in [2.45, 2.75) is 0 Å². The normalized spacial score (nSPS) is 9.14. The molecule has 0 aromatic heterocycles. The lowest BCUT2D eigenvalue weighted by atomic mass is 10.2. The fraction of sp³-hybridized carbons (Fsp3) is 0.111. The Kier molecular flexibility index (Phi) is 3.32. The van der Waals surface area contributed by atoms with Crippen LogP contribution in [-0.4, -0.2) is 17.7 Å². The monoisotopic (exact) mass is 211 g/mol. The molecule has 0 aliphatic heterocycles. The molecular weight excluding hydrogens is 206 g/mol. The van der Waals surface area contributed by atoms with Crippen molar-refractivity contribution in [3.63, 3.8) is 0 Å². The van der Waals surface area contributed by atoms with Gasteiger partial charge in [-0.05, 0) is 18.2 Å². The maximum absolute atomic E-state index is 10.6. The first-order valence-corrected chi connectivity index (χ1v) is 4.05. The summed E-state index contributed by atoms with van der Waals surface area (Å²) in [5.41, 5.74) is -0.0397. The van der Waals surface area contributed by atoms with Crippen LogP contribution in [0.3, 0.4) is 0 Å². The number of hydrogen-bond donors (Lipinski definition) is 1. The van der Waals surface area contributed by atoms with Gasteiger partial charge in [0.25, 0.3) is 0 Å². The molecule has 0 saturated heterocycles. The summed E-state index contributed by atoms with van der Waals surface area (Å²) in [5, 5.41) is 17.1. The van der Waals surface area contributed by atoms with Crippen LogP contribution in [0.25, 0.3) is 0 Å². The molecule has 0 saturated carbocycles. The molecule has 0 atom stereocenters. The average molecular weight is 212 g/mol. The lowest BCUT2D eigenvalue weighted by Crippen LogP contribution is -1.99. The van der Waals surface area contributed by atoms with E-state index >= 15 is 0 Å². The molecule has 0 spiro atoms. The molecule has 0 unspecified atom stereocenters. The first-order valence-electron chi connectivity index (χ1n) is 3.67. The van der Waals surface area contributed by atoms with E-state index in [0.717, 1.165) is 0 Å². The van der Waals surface area contributed by atoms with Crippen LogP contribution in [0.1, 0.15) is 10.4 Å². The van der Waals surface area contributed by atoms with Gasteiger partial charge < -0.3 is 9.84 Å². The van der Waals surface area contributed by atoms with Gasteiger partial charge in [-0.3, -0.25) is 0 Å². The maximum atomic E-state index is 10.6. The number of nitriles is 1. The summed E-state index contributed by atoms with van der Waals surface area (Å²) in [5.74, 6) is -0.814. The summed E-state index contributed by atoms with van der Waals surface area (Å²) in [4.78, 5) is 10.6. The zero-order valence-corrected chi connectivity index (χ0v) is 7.78. The van der Waals surface area contributed by atoms with Crippen molar-refractivity contribution in [1.29, 1.82) is 5.26 Å². The molecule has 14 heavy (non-hydrogen) atoms. The molecule has 0 aliphatic rings. The topological polar surface area (TPSA) is 70.3 Å². The van der Waals surface area contributed by atoms with E-state index in [1.807, 2.05) is 0 Å². The van der Waals surface area contributed by atoms with Crippen LogP contribution < -0.4 is 4.74 Å². The Morgan fingerprint density at radius 2 is 2.36 bits per heavy atom. The first-order chi connectivity index (χ1) is 6.65. The molecule has 1 aromatic rings. The van der Waals surface area contributed by atoms with Gasteiger partial charge in [0.2, 0.25) is 0 Å². The number of hydrogen-bond acceptors (Lipinski definition) is 3. The number of carboxylic acids is 1. The second-order valence-corrected chi connectivity index (χ2v) is 2.80. The van der Waals surface area contributed by atoms with Gasteiger partial charge in [-0.25, -0.2) is 4.79 Å². The Balaban J connectivity index is 2.96. The highest BCUT2D eigenvalue weighted by Gasteiger charge is 2.09. The molecule has 4 nitrogen and oxygen atoms in total. The van der Waals surface area contributed by atoms with Crippen molar-refractivity contribution in [1.82, 2.24) is 0 Å². The molecule has 1 N–H and O–H groups in total. The maximum Gasteiger partial charge on any atom is 0.337 e. The van der Waals surface area contributed by atoms with Gasteiger partial charge in [-0.15, -0.1) is 0 Å². The molecule has 0 radical (unpaired) electrons. The largest absolute Gasteiger partial charge is 0.479 e. The predicted octanol–water partition coefficient (Wildman–Crippen LogP) is 1.94. The molecule has 1 rings (SSSR count). The third kappa shape index (κ3) is 2.38. The smallest absolute Gasteiger partial charge is 0.337 e. The van der Waals surface area contributed by atoms with Crippen molar-refractivity contribution < 1.29 is 14.6 Å². The lowest BCUT2D eigenvalue weighted by molar-refractivity contribution is 0.0696. The van der Waals surface area contributed by atoms with Crippen molar-refractivity contribution >= 4 is 17.6 Å². The van der Waals surface area contributed by atoms with Crippen LogP contribution in [0.4, 0.5) is 0 Å². The molecule has 5 heteroatoms. The zero-order chi connectivity index (χ0) is 10.6. The summed E-state index contributed by atoms with van der Waals surface area (Å²) >= 11 is 5.62. The first kappa shape index (κ1) is 10.4. The number of nitrogens with zero attached hydrogens (tertiary/aromatic N) is 1. The Bertz CT molecular complexity index is 398.